The topological polar surface area (TPSA) is 373 Å². The highest BCUT2D eigenvalue weighted by molar-refractivity contribution is 5.79. The van der Waals surface area contributed by atoms with Crippen molar-refractivity contribution in [3.8, 4) is 0 Å². The van der Waals surface area contributed by atoms with Gasteiger partial charge >= 0.3 is 12.1 Å². The summed E-state index contributed by atoms with van der Waals surface area (Å²) in [6.07, 6.45) is -16.2. The van der Waals surface area contributed by atoms with E-state index in [2.05, 4.69) is 10.9 Å². The van der Waals surface area contributed by atoms with Gasteiger partial charge in [-0.1, -0.05) is 19.3 Å². The molecule has 0 radical (unpaired) electrons. The number of nitrogens with one attached hydrogen (secondary N) is 2. The molecule has 0 saturated carbocycles. The molecule has 3 heterocycles. The Hall–Kier alpha value is -2.80. The van der Waals surface area contributed by atoms with Crippen LogP contribution in [0.15, 0.2) is 0 Å². The highest BCUT2D eigenvalue weighted by Crippen LogP contribution is 2.31. The lowest BCUT2D eigenvalue weighted by Gasteiger charge is -2.45. The van der Waals surface area contributed by atoms with Gasteiger partial charge in [-0.25, -0.2) is 10.2 Å². The van der Waals surface area contributed by atoms with Crippen LogP contribution < -0.4 is 16.6 Å². The SMILES string of the molecule is CO[C@H]1O[C@H](CO[C@H]2O[C@H](CO[C@H]3O[C@H](CO)[C@@H](OCCCCCC(=O)CCCN)[C@H](O)[C@H]3O)[C@@H](OCCCCCC(=O)NNC(=O)OC(C)(C)C)[C@H](O)[C@H]2O)[C@@H](OCCCCCC(=O)O)[C@H](O)[C@H]1O. The predicted molar refractivity (Wildman–Crippen MR) is 241 cm³/mol. The third-order valence-electron chi connectivity index (χ3n) is 11.7. The summed E-state index contributed by atoms with van der Waals surface area (Å²) < 4.78 is 57.7. The first-order valence-electron chi connectivity index (χ1n) is 24.3. The Morgan fingerprint density at radius 3 is 1.43 bits per heavy atom. The van der Waals surface area contributed by atoms with Crippen LogP contribution in [-0.4, -0.2) is 216 Å². The number of aliphatic hydroxyl groups excluding tert-OH is 7. The van der Waals surface area contributed by atoms with Gasteiger partial charge in [0.25, 0.3) is 0 Å². The quantitative estimate of drug-likeness (QED) is 0.0278. The minimum atomic E-state index is -1.75. The first-order valence-corrected chi connectivity index (χ1v) is 24.3. The van der Waals surface area contributed by atoms with Crippen molar-refractivity contribution >= 4 is 23.8 Å². The van der Waals surface area contributed by atoms with Gasteiger partial charge in [0, 0.05) is 52.6 Å². The number of ketones is 1. The monoisotopic (exact) mass is 1020 g/mol. The molecule has 2 amide bonds. The number of ether oxygens (including phenoxy) is 10. The van der Waals surface area contributed by atoms with E-state index in [1.807, 2.05) is 0 Å². The van der Waals surface area contributed by atoms with Gasteiger partial charge in [-0.15, -0.1) is 0 Å². The highest BCUT2D eigenvalue weighted by atomic mass is 16.8. The van der Waals surface area contributed by atoms with E-state index in [0.717, 1.165) is 0 Å². The first kappa shape index (κ1) is 61.5. The summed E-state index contributed by atoms with van der Waals surface area (Å²) in [7, 11) is 1.25. The van der Waals surface area contributed by atoms with Crippen LogP contribution in [0, 0.1) is 0 Å². The van der Waals surface area contributed by atoms with Gasteiger partial charge in [0.05, 0.1) is 19.8 Å². The molecule has 70 heavy (non-hydrogen) atoms. The number of unbranched alkanes of at least 4 members (excludes halogenated alkanes) is 6. The minimum absolute atomic E-state index is 0.00106. The molecule has 3 aliphatic rings. The normalized spacial score (nSPS) is 31.5. The van der Waals surface area contributed by atoms with Crippen LogP contribution >= 0.6 is 0 Å². The molecule has 25 nitrogen and oxygen atoms in total. The van der Waals surface area contributed by atoms with Crippen LogP contribution in [0.3, 0.4) is 0 Å². The smallest absolute Gasteiger partial charge is 0.426 e. The Morgan fingerprint density at radius 1 is 0.543 bits per heavy atom. The number of carbonyl (C=O) groups excluding carboxylic acids is 3. The molecule has 0 spiro atoms. The fraction of sp³-hybridized carbons (Fsp3) is 0.911. The van der Waals surface area contributed by atoms with Crippen LogP contribution in [0.25, 0.3) is 0 Å². The standard InChI is InChI=1S/C45H81N3O22/c1-45(2,3)70-44(60)48-47-30(51)17-9-6-12-21-64-40-29(25-65-42-36(58)33(55)38(27(23-49)67-42)62-20-11-5-8-15-26(50)16-14-19-46)69-43(37(59)34(40)56)66-24-28-39(32(54)35(57)41(61-4)68-28)63-22-13-7-10-18-31(52)53/h27-29,32-43,49,54-59H,5-25,46H2,1-4H3,(H,47,51)(H,48,60)(H,52,53)/t27-,28-,29-,32-,33-,34-,35-,36-,37-,38-,39-,40-,41+,42+,43+/m1/s1. The summed E-state index contributed by atoms with van der Waals surface area (Å²) in [5.41, 5.74) is 9.16. The van der Waals surface area contributed by atoms with E-state index in [0.29, 0.717) is 83.6 Å². The third-order valence-corrected chi connectivity index (χ3v) is 11.7. The number of rotatable bonds is 32. The van der Waals surface area contributed by atoms with Gasteiger partial charge in [0.1, 0.15) is 84.6 Å². The van der Waals surface area contributed by atoms with Crippen molar-refractivity contribution in [2.45, 2.75) is 208 Å². The molecular weight excluding hydrogens is 934 g/mol. The zero-order chi connectivity index (χ0) is 51.8. The van der Waals surface area contributed by atoms with Gasteiger partial charge in [0.15, 0.2) is 18.9 Å². The van der Waals surface area contributed by atoms with Crippen molar-refractivity contribution < 1.29 is 107 Å². The number of hydrazine groups is 1. The van der Waals surface area contributed by atoms with Gasteiger partial charge in [-0.05, 0) is 72.3 Å². The van der Waals surface area contributed by atoms with Crippen molar-refractivity contribution in [1.82, 2.24) is 10.9 Å². The second-order valence-corrected chi connectivity index (χ2v) is 18.6. The van der Waals surface area contributed by atoms with E-state index in [1.54, 1.807) is 20.8 Å². The molecule has 0 aliphatic carbocycles. The van der Waals surface area contributed by atoms with Crippen molar-refractivity contribution in [3.63, 3.8) is 0 Å². The molecule has 3 aliphatic heterocycles. The number of carboxylic acids is 1. The van der Waals surface area contributed by atoms with E-state index in [1.165, 1.54) is 7.11 Å². The van der Waals surface area contributed by atoms with E-state index in [4.69, 9.17) is 58.2 Å². The largest absolute Gasteiger partial charge is 0.481 e. The Bertz CT molecular complexity index is 1510. The summed E-state index contributed by atoms with van der Waals surface area (Å²) in [6.45, 7) is 4.13. The van der Waals surface area contributed by atoms with Crippen LogP contribution in [0.5, 0.6) is 0 Å². The third kappa shape index (κ3) is 21.3. The van der Waals surface area contributed by atoms with Crippen molar-refractivity contribution in [3.05, 3.63) is 0 Å². The molecule has 3 fully saturated rings. The molecule has 3 rings (SSSR count). The Balaban J connectivity index is 1.66. The number of aliphatic hydroxyl groups is 7. The molecule has 0 aromatic heterocycles. The summed E-state index contributed by atoms with van der Waals surface area (Å²) in [4.78, 5) is 46.9. The first-order chi connectivity index (χ1) is 33.3. The fourth-order valence-electron chi connectivity index (χ4n) is 7.89. The maximum atomic E-state index is 12.3. The fourth-order valence-corrected chi connectivity index (χ4v) is 7.89. The molecular formula is C45H81N3O22. The van der Waals surface area contributed by atoms with E-state index in [9.17, 15) is 54.9 Å². The minimum Gasteiger partial charge on any atom is -0.481 e. The lowest BCUT2D eigenvalue weighted by atomic mass is 9.97. The average molecular weight is 1020 g/mol. The van der Waals surface area contributed by atoms with Crippen molar-refractivity contribution in [2.75, 3.05) is 53.3 Å². The Morgan fingerprint density at radius 2 is 0.971 bits per heavy atom. The van der Waals surface area contributed by atoms with Crippen molar-refractivity contribution in [2.24, 2.45) is 5.73 Å². The molecule has 0 aromatic carbocycles. The van der Waals surface area contributed by atoms with Crippen LogP contribution in [-0.2, 0) is 61.8 Å². The number of methoxy groups -OCH3 is 1. The van der Waals surface area contributed by atoms with Crippen LogP contribution in [0.1, 0.15) is 111 Å². The van der Waals surface area contributed by atoms with Gasteiger partial charge in [-0.3, -0.25) is 19.8 Å². The number of carboxylic acid groups (broad SMARTS) is 1. The zero-order valence-corrected chi connectivity index (χ0v) is 40.9. The molecule has 408 valence electrons. The maximum absolute atomic E-state index is 12.3. The zero-order valence-electron chi connectivity index (χ0n) is 40.9. The highest BCUT2D eigenvalue weighted by Gasteiger charge is 2.51. The second kappa shape index (κ2) is 32.4. The van der Waals surface area contributed by atoms with Gasteiger partial charge in [-0.2, -0.15) is 0 Å². The number of aliphatic carboxylic acids is 1. The lowest BCUT2D eigenvalue weighted by Crippen LogP contribution is -2.63. The number of amides is 2. The van der Waals surface area contributed by atoms with E-state index >= 15 is 0 Å². The summed E-state index contributed by atoms with van der Waals surface area (Å²) in [6, 6.07) is 0. The number of carbonyl (C=O) groups is 4. The van der Waals surface area contributed by atoms with Gasteiger partial charge < -0.3 is 94.0 Å². The Labute approximate surface area is 408 Å². The van der Waals surface area contributed by atoms with Crippen molar-refractivity contribution in [1.29, 1.82) is 0 Å². The summed E-state index contributed by atoms with van der Waals surface area (Å²) in [5.74, 6) is -1.26. The second-order valence-electron chi connectivity index (χ2n) is 18.6. The van der Waals surface area contributed by atoms with Crippen LogP contribution in [0.4, 0.5) is 4.79 Å². The molecule has 0 unspecified atom stereocenters. The van der Waals surface area contributed by atoms with E-state index < -0.39 is 136 Å². The number of nitrogens with two attached hydrogens (primary N) is 1. The Kier molecular flexibility index (Phi) is 28.5. The number of Topliss-reactive ketones (excluding diaryl/α,β-unsaturated/α-hetero) is 1. The molecule has 0 bridgehead atoms. The van der Waals surface area contributed by atoms with Crippen LogP contribution in [0.2, 0.25) is 0 Å². The summed E-state index contributed by atoms with van der Waals surface area (Å²) >= 11 is 0. The predicted octanol–water partition coefficient (Wildman–Crippen LogP) is -1.22. The number of hydrogen-bond acceptors (Lipinski definition) is 22. The average Bonchev–Trinajstić information content (AvgIpc) is 3.31. The molecule has 25 heteroatoms. The molecule has 15 atom stereocenters. The van der Waals surface area contributed by atoms with E-state index in [-0.39, 0.29) is 38.4 Å². The molecule has 3 saturated heterocycles. The lowest BCUT2D eigenvalue weighted by molar-refractivity contribution is -0.346. The maximum Gasteiger partial charge on any atom is 0.426 e. The molecule has 0 aromatic rings. The van der Waals surface area contributed by atoms with Gasteiger partial charge in [0.2, 0.25) is 5.91 Å². The summed E-state index contributed by atoms with van der Waals surface area (Å²) in [5, 5.41) is 85.7. The molecule has 12 N–H and O–H groups in total. The number of hydrogen-bond donors (Lipinski definition) is 11.